The third kappa shape index (κ3) is 2.48. The maximum Gasteiger partial charge on any atom is 0.0456 e. The van der Waals surface area contributed by atoms with Crippen molar-refractivity contribution in [1.29, 1.82) is 0 Å². The molecule has 0 amide bonds. The fourth-order valence-electron chi connectivity index (χ4n) is 1.97. The minimum atomic E-state index is 0.0392. The zero-order valence-electron chi connectivity index (χ0n) is 10.3. The van der Waals surface area contributed by atoms with Crippen LogP contribution in [-0.2, 0) is 0 Å². The molecule has 0 aliphatic carbocycles. The number of para-hydroxylation sites is 2. The van der Waals surface area contributed by atoms with Crippen molar-refractivity contribution in [1.82, 2.24) is 0 Å². The molecular formula is C15H18N2. The zero-order chi connectivity index (χ0) is 12.3. The van der Waals surface area contributed by atoms with E-state index in [9.17, 15) is 0 Å². The minimum absolute atomic E-state index is 0.0392. The predicted octanol–water partition coefficient (Wildman–Crippen LogP) is 3.47. The van der Waals surface area contributed by atoms with Crippen LogP contribution in [0.2, 0.25) is 0 Å². The highest BCUT2D eigenvalue weighted by Gasteiger charge is 2.10. The number of rotatable bonds is 3. The molecule has 2 aromatic rings. The summed E-state index contributed by atoms with van der Waals surface area (Å²) in [5.41, 5.74) is 9.50. The molecule has 2 nitrogen and oxygen atoms in total. The molecule has 2 aromatic carbocycles. The topological polar surface area (TPSA) is 29.3 Å². The molecule has 0 saturated heterocycles. The van der Waals surface area contributed by atoms with Crippen LogP contribution in [0.4, 0.5) is 11.4 Å². The lowest BCUT2D eigenvalue weighted by Crippen LogP contribution is -2.15. The van der Waals surface area contributed by atoms with Gasteiger partial charge in [-0.25, -0.2) is 0 Å². The van der Waals surface area contributed by atoms with E-state index in [0.29, 0.717) is 0 Å². The first-order valence-electron chi connectivity index (χ1n) is 5.83. The van der Waals surface area contributed by atoms with Crippen LogP contribution in [0.3, 0.4) is 0 Å². The smallest absolute Gasteiger partial charge is 0.0456 e. The van der Waals surface area contributed by atoms with Crippen LogP contribution in [0.15, 0.2) is 54.6 Å². The van der Waals surface area contributed by atoms with Crippen molar-refractivity contribution in [3.05, 3.63) is 60.2 Å². The standard InChI is InChI=1S/C15H18N2/c1-12(16)14-10-6-7-11-15(14)17(2)13-8-4-3-5-9-13/h3-12H,16H2,1-2H3/t12-/m0/s1. The fourth-order valence-corrected chi connectivity index (χ4v) is 1.97. The maximum absolute atomic E-state index is 6.00. The first-order chi connectivity index (χ1) is 8.20. The number of nitrogens with zero attached hydrogens (tertiary/aromatic N) is 1. The van der Waals surface area contributed by atoms with Crippen molar-refractivity contribution in [2.24, 2.45) is 5.73 Å². The zero-order valence-corrected chi connectivity index (χ0v) is 10.3. The summed E-state index contributed by atoms with van der Waals surface area (Å²) in [4.78, 5) is 2.17. The van der Waals surface area contributed by atoms with Crippen molar-refractivity contribution < 1.29 is 0 Å². The van der Waals surface area contributed by atoms with Gasteiger partial charge in [-0.3, -0.25) is 0 Å². The number of hydrogen-bond acceptors (Lipinski definition) is 2. The number of benzene rings is 2. The monoisotopic (exact) mass is 226 g/mol. The summed E-state index contributed by atoms with van der Waals surface area (Å²) < 4.78 is 0. The summed E-state index contributed by atoms with van der Waals surface area (Å²) in [7, 11) is 2.07. The van der Waals surface area contributed by atoms with Crippen molar-refractivity contribution >= 4 is 11.4 Å². The van der Waals surface area contributed by atoms with Gasteiger partial charge in [0, 0.05) is 24.5 Å². The highest BCUT2D eigenvalue weighted by atomic mass is 15.1. The van der Waals surface area contributed by atoms with Crippen LogP contribution < -0.4 is 10.6 Å². The lowest BCUT2D eigenvalue weighted by molar-refractivity contribution is 0.815. The maximum atomic E-state index is 6.00. The van der Waals surface area contributed by atoms with Crippen LogP contribution in [0.1, 0.15) is 18.5 Å². The van der Waals surface area contributed by atoms with Gasteiger partial charge in [-0.05, 0) is 30.7 Å². The van der Waals surface area contributed by atoms with Gasteiger partial charge in [0.05, 0.1) is 0 Å². The van der Waals surface area contributed by atoms with Crippen LogP contribution in [0, 0.1) is 0 Å². The van der Waals surface area contributed by atoms with Crippen molar-refractivity contribution in [3.8, 4) is 0 Å². The highest BCUT2D eigenvalue weighted by Crippen LogP contribution is 2.29. The summed E-state index contributed by atoms with van der Waals surface area (Å²) in [6.07, 6.45) is 0. The van der Waals surface area contributed by atoms with E-state index in [1.54, 1.807) is 0 Å². The Morgan fingerprint density at radius 2 is 1.53 bits per heavy atom. The van der Waals surface area contributed by atoms with E-state index in [0.717, 1.165) is 5.69 Å². The van der Waals surface area contributed by atoms with Crippen LogP contribution in [0.25, 0.3) is 0 Å². The molecule has 17 heavy (non-hydrogen) atoms. The van der Waals surface area contributed by atoms with Gasteiger partial charge in [-0.15, -0.1) is 0 Å². The van der Waals surface area contributed by atoms with Crippen LogP contribution in [0.5, 0.6) is 0 Å². The number of anilines is 2. The molecule has 2 N–H and O–H groups in total. The largest absolute Gasteiger partial charge is 0.344 e. The molecule has 0 radical (unpaired) electrons. The second-order valence-corrected chi connectivity index (χ2v) is 4.24. The second-order valence-electron chi connectivity index (χ2n) is 4.24. The molecule has 0 aromatic heterocycles. The highest BCUT2D eigenvalue weighted by molar-refractivity contribution is 5.66. The van der Waals surface area contributed by atoms with Crippen molar-refractivity contribution in [3.63, 3.8) is 0 Å². The Morgan fingerprint density at radius 3 is 2.18 bits per heavy atom. The Labute approximate surface area is 103 Å². The van der Waals surface area contributed by atoms with Gasteiger partial charge in [0.25, 0.3) is 0 Å². The van der Waals surface area contributed by atoms with Gasteiger partial charge in [0.15, 0.2) is 0 Å². The molecule has 0 spiro atoms. The van der Waals surface area contributed by atoms with Gasteiger partial charge in [-0.1, -0.05) is 36.4 Å². The van der Waals surface area contributed by atoms with E-state index in [1.807, 2.05) is 37.3 Å². The first-order valence-corrected chi connectivity index (χ1v) is 5.83. The Bertz CT molecular complexity index is 477. The lowest BCUT2D eigenvalue weighted by atomic mass is 10.1. The van der Waals surface area contributed by atoms with Crippen LogP contribution >= 0.6 is 0 Å². The SMILES string of the molecule is C[C@H](N)c1ccccc1N(C)c1ccccc1. The number of nitrogens with two attached hydrogens (primary N) is 1. The Kier molecular flexibility index (Phi) is 3.45. The van der Waals surface area contributed by atoms with E-state index in [4.69, 9.17) is 5.73 Å². The van der Waals surface area contributed by atoms with Gasteiger partial charge >= 0.3 is 0 Å². The fraction of sp³-hybridized carbons (Fsp3) is 0.200. The lowest BCUT2D eigenvalue weighted by Gasteiger charge is -2.24. The molecule has 0 aliphatic rings. The molecule has 0 heterocycles. The third-order valence-electron chi connectivity index (χ3n) is 2.93. The molecule has 0 fully saturated rings. The Hall–Kier alpha value is -1.80. The molecule has 0 saturated carbocycles. The molecule has 2 heteroatoms. The van der Waals surface area contributed by atoms with Crippen molar-refractivity contribution in [2.75, 3.05) is 11.9 Å². The average molecular weight is 226 g/mol. The van der Waals surface area contributed by atoms with Gasteiger partial charge in [-0.2, -0.15) is 0 Å². The average Bonchev–Trinajstić information content (AvgIpc) is 2.39. The predicted molar refractivity (Wildman–Crippen MR) is 73.5 cm³/mol. The van der Waals surface area contributed by atoms with Gasteiger partial charge in [0.2, 0.25) is 0 Å². The molecule has 1 atom stereocenters. The quantitative estimate of drug-likeness (QED) is 0.868. The van der Waals surface area contributed by atoms with Crippen LogP contribution in [-0.4, -0.2) is 7.05 Å². The van der Waals surface area contributed by atoms with E-state index >= 15 is 0 Å². The molecule has 88 valence electrons. The van der Waals surface area contributed by atoms with E-state index < -0.39 is 0 Å². The van der Waals surface area contributed by atoms with E-state index in [1.165, 1.54) is 11.3 Å². The summed E-state index contributed by atoms with van der Waals surface area (Å²) in [6.45, 7) is 2.01. The molecule has 0 bridgehead atoms. The second kappa shape index (κ2) is 5.02. The minimum Gasteiger partial charge on any atom is -0.344 e. The molecule has 0 aliphatic heterocycles. The van der Waals surface area contributed by atoms with Crippen molar-refractivity contribution in [2.45, 2.75) is 13.0 Å². The van der Waals surface area contributed by atoms with Gasteiger partial charge < -0.3 is 10.6 Å². The normalized spacial score (nSPS) is 12.2. The summed E-state index contributed by atoms with van der Waals surface area (Å²) >= 11 is 0. The van der Waals surface area contributed by atoms with Gasteiger partial charge in [0.1, 0.15) is 0 Å². The summed E-state index contributed by atoms with van der Waals surface area (Å²) in [5, 5.41) is 0. The molecule has 0 unspecified atom stereocenters. The number of hydrogen-bond donors (Lipinski definition) is 1. The molecular weight excluding hydrogens is 208 g/mol. The Morgan fingerprint density at radius 1 is 0.941 bits per heavy atom. The molecule has 2 rings (SSSR count). The van der Waals surface area contributed by atoms with E-state index in [2.05, 4.69) is 36.2 Å². The summed E-state index contributed by atoms with van der Waals surface area (Å²) in [6, 6.07) is 18.6. The van der Waals surface area contributed by atoms with E-state index in [-0.39, 0.29) is 6.04 Å². The third-order valence-corrected chi connectivity index (χ3v) is 2.93. The Balaban J connectivity index is 2.41. The first kappa shape index (κ1) is 11.7. The summed E-state index contributed by atoms with van der Waals surface area (Å²) in [5.74, 6) is 0.